The summed E-state index contributed by atoms with van der Waals surface area (Å²) >= 11 is 0. The van der Waals surface area contributed by atoms with E-state index in [0.29, 0.717) is 6.42 Å². The second-order valence-electron chi connectivity index (χ2n) is 5.36. The summed E-state index contributed by atoms with van der Waals surface area (Å²) in [5.41, 5.74) is 8.77. The van der Waals surface area contributed by atoms with Crippen LogP contribution in [0.4, 0.5) is 0 Å². The van der Waals surface area contributed by atoms with E-state index >= 15 is 0 Å². The third-order valence-corrected chi connectivity index (χ3v) is 3.62. The molecular formula is C15H20N2O2. The van der Waals surface area contributed by atoms with Crippen LogP contribution in [-0.2, 0) is 16.0 Å². The van der Waals surface area contributed by atoms with Crippen LogP contribution in [0.25, 0.3) is 0 Å². The maximum Gasteiger partial charge on any atom is 0.240 e. The van der Waals surface area contributed by atoms with Crippen LogP contribution in [0.15, 0.2) is 18.2 Å². The number of primary amides is 1. The molecular weight excluding hydrogens is 240 g/mol. The van der Waals surface area contributed by atoms with Gasteiger partial charge in [0.1, 0.15) is 6.04 Å². The van der Waals surface area contributed by atoms with Gasteiger partial charge in [-0.05, 0) is 43.4 Å². The fourth-order valence-electron chi connectivity index (χ4n) is 2.02. The van der Waals surface area contributed by atoms with Crippen LogP contribution in [0, 0.1) is 19.8 Å². The molecule has 4 nitrogen and oxygen atoms in total. The Morgan fingerprint density at radius 3 is 2.53 bits per heavy atom. The molecule has 1 aliphatic carbocycles. The molecule has 3 N–H and O–H groups in total. The van der Waals surface area contributed by atoms with Crippen molar-refractivity contribution in [3.8, 4) is 0 Å². The summed E-state index contributed by atoms with van der Waals surface area (Å²) < 4.78 is 0. The number of rotatable bonds is 5. The van der Waals surface area contributed by atoms with Crippen LogP contribution in [-0.4, -0.2) is 17.9 Å². The van der Waals surface area contributed by atoms with Crippen LogP contribution < -0.4 is 11.1 Å². The van der Waals surface area contributed by atoms with Gasteiger partial charge in [0.15, 0.2) is 0 Å². The molecule has 0 unspecified atom stereocenters. The molecule has 0 aliphatic heterocycles. The molecule has 2 amide bonds. The minimum atomic E-state index is -0.616. The molecule has 0 bridgehead atoms. The highest BCUT2D eigenvalue weighted by molar-refractivity contribution is 5.88. The molecule has 0 saturated heterocycles. The fraction of sp³-hybridized carbons (Fsp3) is 0.467. The van der Waals surface area contributed by atoms with Crippen molar-refractivity contribution in [1.82, 2.24) is 5.32 Å². The largest absolute Gasteiger partial charge is 0.368 e. The zero-order valence-electron chi connectivity index (χ0n) is 11.4. The number of carbonyl (C=O) groups is 2. The highest BCUT2D eigenvalue weighted by Gasteiger charge is 2.32. The average Bonchev–Trinajstić information content (AvgIpc) is 3.16. The van der Waals surface area contributed by atoms with Gasteiger partial charge >= 0.3 is 0 Å². The number of hydrogen-bond acceptors (Lipinski definition) is 2. The lowest BCUT2D eigenvalue weighted by Crippen LogP contribution is -2.46. The maximum absolute atomic E-state index is 11.7. The molecule has 19 heavy (non-hydrogen) atoms. The molecule has 1 saturated carbocycles. The van der Waals surface area contributed by atoms with Crippen molar-refractivity contribution in [2.45, 2.75) is 39.2 Å². The highest BCUT2D eigenvalue weighted by Crippen LogP contribution is 2.29. The van der Waals surface area contributed by atoms with Crippen molar-refractivity contribution < 1.29 is 9.59 Å². The lowest BCUT2D eigenvalue weighted by Gasteiger charge is -2.16. The van der Waals surface area contributed by atoms with Crippen LogP contribution in [0.5, 0.6) is 0 Å². The molecule has 1 atom stereocenters. The van der Waals surface area contributed by atoms with E-state index in [-0.39, 0.29) is 11.8 Å². The number of carbonyl (C=O) groups excluding carboxylic acids is 2. The number of nitrogens with one attached hydrogen (secondary N) is 1. The Morgan fingerprint density at radius 2 is 2.00 bits per heavy atom. The van der Waals surface area contributed by atoms with Gasteiger partial charge in [-0.15, -0.1) is 0 Å². The van der Waals surface area contributed by atoms with E-state index in [2.05, 4.69) is 5.32 Å². The van der Waals surface area contributed by atoms with Gasteiger partial charge in [-0.2, -0.15) is 0 Å². The predicted molar refractivity (Wildman–Crippen MR) is 73.5 cm³/mol. The van der Waals surface area contributed by atoms with Gasteiger partial charge in [0.25, 0.3) is 0 Å². The maximum atomic E-state index is 11.7. The van der Waals surface area contributed by atoms with E-state index in [1.54, 1.807) is 0 Å². The van der Waals surface area contributed by atoms with Crippen molar-refractivity contribution in [3.63, 3.8) is 0 Å². The second-order valence-corrected chi connectivity index (χ2v) is 5.36. The first kappa shape index (κ1) is 13.6. The molecule has 0 radical (unpaired) electrons. The first-order chi connectivity index (χ1) is 8.97. The Kier molecular flexibility index (Phi) is 3.88. The number of nitrogens with two attached hydrogens (primary N) is 1. The van der Waals surface area contributed by atoms with E-state index in [9.17, 15) is 9.59 Å². The summed E-state index contributed by atoms with van der Waals surface area (Å²) in [6, 6.07) is 5.41. The van der Waals surface area contributed by atoms with Crippen LogP contribution >= 0.6 is 0 Å². The molecule has 2 rings (SSSR count). The van der Waals surface area contributed by atoms with Gasteiger partial charge < -0.3 is 11.1 Å². The fourth-order valence-corrected chi connectivity index (χ4v) is 2.02. The van der Waals surface area contributed by atoms with Crippen molar-refractivity contribution in [2.75, 3.05) is 0 Å². The molecule has 1 aromatic carbocycles. The predicted octanol–water partition coefficient (Wildman–Crippen LogP) is 1.23. The van der Waals surface area contributed by atoms with Gasteiger partial charge in [-0.25, -0.2) is 0 Å². The van der Waals surface area contributed by atoms with E-state index in [0.717, 1.165) is 18.4 Å². The molecule has 1 fully saturated rings. The summed E-state index contributed by atoms with van der Waals surface area (Å²) in [6.45, 7) is 4.07. The smallest absolute Gasteiger partial charge is 0.240 e. The quantitative estimate of drug-likeness (QED) is 0.835. The number of amides is 2. The van der Waals surface area contributed by atoms with Gasteiger partial charge in [0.05, 0.1) is 0 Å². The van der Waals surface area contributed by atoms with E-state index in [1.807, 2.05) is 32.0 Å². The summed E-state index contributed by atoms with van der Waals surface area (Å²) in [7, 11) is 0. The number of hydrogen-bond donors (Lipinski definition) is 2. The molecule has 102 valence electrons. The van der Waals surface area contributed by atoms with Crippen LogP contribution in [0.2, 0.25) is 0 Å². The standard InChI is InChI=1S/C15H20N2O2/c1-9-3-4-11(7-10(9)2)8-13(14(16)18)17-15(19)12-5-6-12/h3-4,7,12-13H,5-6,8H2,1-2H3,(H2,16,18)(H,17,19)/t13-/m0/s1. The summed E-state index contributed by atoms with van der Waals surface area (Å²) in [5.74, 6) is -0.443. The lowest BCUT2D eigenvalue weighted by atomic mass is 10.0. The van der Waals surface area contributed by atoms with Crippen molar-refractivity contribution in [1.29, 1.82) is 0 Å². The minimum Gasteiger partial charge on any atom is -0.368 e. The third kappa shape index (κ3) is 3.56. The Labute approximate surface area is 113 Å². The first-order valence-corrected chi connectivity index (χ1v) is 6.63. The van der Waals surface area contributed by atoms with Gasteiger partial charge in [-0.3, -0.25) is 9.59 Å². The van der Waals surface area contributed by atoms with E-state index < -0.39 is 11.9 Å². The van der Waals surface area contributed by atoms with Crippen molar-refractivity contribution >= 4 is 11.8 Å². The monoisotopic (exact) mass is 260 g/mol. The summed E-state index contributed by atoms with van der Waals surface area (Å²) in [4.78, 5) is 23.2. The summed E-state index contributed by atoms with van der Waals surface area (Å²) in [6.07, 6.45) is 2.29. The van der Waals surface area contributed by atoms with Crippen LogP contribution in [0.1, 0.15) is 29.5 Å². The minimum absolute atomic E-state index is 0.0485. The molecule has 0 spiro atoms. The molecule has 1 aliphatic rings. The highest BCUT2D eigenvalue weighted by atomic mass is 16.2. The van der Waals surface area contributed by atoms with Gasteiger partial charge in [-0.1, -0.05) is 18.2 Å². The lowest BCUT2D eigenvalue weighted by molar-refractivity contribution is -0.128. The van der Waals surface area contributed by atoms with E-state index in [4.69, 9.17) is 5.73 Å². The SMILES string of the molecule is Cc1ccc(C[C@H](NC(=O)C2CC2)C(N)=O)cc1C. The zero-order chi connectivity index (χ0) is 14.0. The zero-order valence-corrected chi connectivity index (χ0v) is 11.4. The molecule has 0 aromatic heterocycles. The van der Waals surface area contributed by atoms with Gasteiger partial charge in [0, 0.05) is 12.3 Å². The molecule has 4 heteroatoms. The Bertz CT molecular complexity index is 507. The molecule has 0 heterocycles. The Hall–Kier alpha value is -1.84. The normalized spacial score (nSPS) is 15.9. The average molecular weight is 260 g/mol. The first-order valence-electron chi connectivity index (χ1n) is 6.63. The van der Waals surface area contributed by atoms with Crippen molar-refractivity contribution in [3.05, 3.63) is 34.9 Å². The molecule has 1 aromatic rings. The van der Waals surface area contributed by atoms with Gasteiger partial charge in [0.2, 0.25) is 11.8 Å². The van der Waals surface area contributed by atoms with Crippen LogP contribution in [0.3, 0.4) is 0 Å². The third-order valence-electron chi connectivity index (χ3n) is 3.62. The number of aryl methyl sites for hydroxylation is 2. The second kappa shape index (κ2) is 5.43. The summed E-state index contributed by atoms with van der Waals surface area (Å²) in [5, 5.41) is 2.75. The van der Waals surface area contributed by atoms with Crippen molar-refractivity contribution in [2.24, 2.45) is 11.7 Å². The topological polar surface area (TPSA) is 72.2 Å². The Morgan fingerprint density at radius 1 is 1.32 bits per heavy atom. The Balaban J connectivity index is 2.04. The van der Waals surface area contributed by atoms with E-state index in [1.165, 1.54) is 11.1 Å². The number of benzene rings is 1.